The van der Waals surface area contributed by atoms with Gasteiger partial charge in [-0.1, -0.05) is 0 Å². The zero-order valence-corrected chi connectivity index (χ0v) is 16.1. The Morgan fingerprint density at radius 3 is 2.34 bits per heavy atom. The second-order valence-electron chi connectivity index (χ2n) is 5.80. The summed E-state index contributed by atoms with van der Waals surface area (Å²) < 4.78 is 78.7. The number of ether oxygens (including phenoxy) is 2. The van der Waals surface area contributed by atoms with E-state index < -0.39 is 21.8 Å². The zero-order valence-electron chi connectivity index (χ0n) is 15.3. The van der Waals surface area contributed by atoms with Crippen molar-refractivity contribution in [1.82, 2.24) is 9.78 Å². The summed E-state index contributed by atoms with van der Waals surface area (Å²) in [5.41, 5.74) is -1.15. The molecule has 154 valence electrons. The molecule has 0 radical (unpaired) electrons. The molecule has 0 aliphatic heterocycles. The Hall–Kier alpha value is -3.21. The fourth-order valence-corrected chi connectivity index (χ4v) is 3.67. The van der Waals surface area contributed by atoms with E-state index in [2.05, 4.69) is 9.82 Å². The Morgan fingerprint density at radius 2 is 1.76 bits per heavy atom. The van der Waals surface area contributed by atoms with Crippen LogP contribution in [0.2, 0.25) is 0 Å². The first-order valence-corrected chi connectivity index (χ1v) is 9.60. The summed E-state index contributed by atoms with van der Waals surface area (Å²) >= 11 is 0. The number of hydrogen-bond donors (Lipinski definition) is 1. The van der Waals surface area contributed by atoms with Crippen LogP contribution in [0, 0.1) is 0 Å². The van der Waals surface area contributed by atoms with Crippen molar-refractivity contribution in [3.05, 3.63) is 60.4 Å². The van der Waals surface area contributed by atoms with E-state index in [1.165, 1.54) is 49.5 Å². The van der Waals surface area contributed by atoms with Crippen molar-refractivity contribution < 1.29 is 31.1 Å². The average molecular weight is 427 g/mol. The maximum Gasteiger partial charge on any atom is 0.416 e. The van der Waals surface area contributed by atoms with Crippen LogP contribution in [0.4, 0.5) is 18.9 Å². The minimum absolute atomic E-state index is 0.132. The molecule has 0 aliphatic carbocycles. The summed E-state index contributed by atoms with van der Waals surface area (Å²) in [7, 11) is -1.51. The van der Waals surface area contributed by atoms with E-state index in [-0.39, 0.29) is 22.0 Å². The van der Waals surface area contributed by atoms with Crippen LogP contribution in [0.15, 0.2) is 59.8 Å². The highest BCUT2D eigenvalue weighted by Gasteiger charge is 2.32. The van der Waals surface area contributed by atoms with Crippen LogP contribution in [0.3, 0.4) is 0 Å². The Balaban J connectivity index is 2.08. The SMILES string of the molecule is COc1ccc(S(=O)(=O)Nc2cc(C(F)(F)F)ccc2-n2cccn2)cc1OC. The van der Waals surface area contributed by atoms with Crippen molar-refractivity contribution in [2.45, 2.75) is 11.1 Å². The van der Waals surface area contributed by atoms with Gasteiger partial charge in [-0.2, -0.15) is 18.3 Å². The second-order valence-corrected chi connectivity index (χ2v) is 7.49. The van der Waals surface area contributed by atoms with E-state index >= 15 is 0 Å². The molecular weight excluding hydrogens is 411 g/mol. The van der Waals surface area contributed by atoms with Crippen molar-refractivity contribution in [3.63, 3.8) is 0 Å². The Bertz CT molecular complexity index is 1110. The first kappa shape index (κ1) is 20.5. The fourth-order valence-electron chi connectivity index (χ4n) is 2.59. The van der Waals surface area contributed by atoms with Crippen LogP contribution in [-0.2, 0) is 16.2 Å². The Kier molecular flexibility index (Phi) is 5.42. The van der Waals surface area contributed by atoms with Gasteiger partial charge in [-0.05, 0) is 36.4 Å². The summed E-state index contributed by atoms with van der Waals surface area (Å²) in [6.07, 6.45) is -1.74. The molecule has 29 heavy (non-hydrogen) atoms. The van der Waals surface area contributed by atoms with Gasteiger partial charge < -0.3 is 9.47 Å². The molecule has 0 spiro atoms. The number of nitrogens with one attached hydrogen (secondary N) is 1. The van der Waals surface area contributed by atoms with Crippen LogP contribution in [0.1, 0.15) is 5.56 Å². The molecule has 1 N–H and O–H groups in total. The molecule has 3 aromatic rings. The molecule has 0 aliphatic rings. The lowest BCUT2D eigenvalue weighted by atomic mass is 10.1. The molecule has 0 unspecified atom stereocenters. The maximum absolute atomic E-state index is 13.1. The number of benzene rings is 2. The predicted octanol–water partition coefficient (Wildman–Crippen LogP) is 3.71. The first-order valence-electron chi connectivity index (χ1n) is 8.12. The number of methoxy groups -OCH3 is 2. The van der Waals surface area contributed by atoms with Gasteiger partial charge in [-0.3, -0.25) is 4.72 Å². The van der Waals surface area contributed by atoms with E-state index in [4.69, 9.17) is 9.47 Å². The minimum atomic E-state index is -4.65. The van der Waals surface area contributed by atoms with Gasteiger partial charge in [0.25, 0.3) is 10.0 Å². The molecule has 0 saturated heterocycles. The van der Waals surface area contributed by atoms with Crippen LogP contribution in [0.25, 0.3) is 5.69 Å². The van der Waals surface area contributed by atoms with Crippen molar-refractivity contribution in [2.75, 3.05) is 18.9 Å². The van der Waals surface area contributed by atoms with E-state index in [0.717, 1.165) is 18.2 Å². The van der Waals surface area contributed by atoms with Crippen LogP contribution >= 0.6 is 0 Å². The maximum atomic E-state index is 13.1. The molecule has 2 aromatic carbocycles. The van der Waals surface area contributed by atoms with Gasteiger partial charge in [0, 0.05) is 18.5 Å². The lowest BCUT2D eigenvalue weighted by Crippen LogP contribution is -2.16. The molecule has 11 heteroatoms. The molecule has 7 nitrogen and oxygen atoms in total. The number of anilines is 1. The summed E-state index contributed by atoms with van der Waals surface area (Å²) in [5.74, 6) is 0.467. The number of aromatic nitrogens is 2. The van der Waals surface area contributed by atoms with E-state index in [9.17, 15) is 21.6 Å². The standard InChI is InChI=1S/C18H16F3N3O4S/c1-27-16-7-5-13(11-17(16)28-2)29(25,26)23-14-10-12(18(19,20)21)4-6-15(14)24-9-3-8-22-24/h3-11,23H,1-2H3. The number of rotatable bonds is 6. The molecule has 0 amide bonds. The second kappa shape index (κ2) is 7.66. The summed E-state index contributed by atoms with van der Waals surface area (Å²) in [6.45, 7) is 0. The number of halogens is 3. The lowest BCUT2D eigenvalue weighted by molar-refractivity contribution is -0.137. The highest BCUT2D eigenvalue weighted by molar-refractivity contribution is 7.92. The number of nitrogens with zero attached hydrogens (tertiary/aromatic N) is 2. The van der Waals surface area contributed by atoms with Crippen molar-refractivity contribution in [1.29, 1.82) is 0 Å². The largest absolute Gasteiger partial charge is 0.493 e. The Labute approximate surface area is 164 Å². The van der Waals surface area contributed by atoms with E-state index in [0.29, 0.717) is 5.75 Å². The number of alkyl halides is 3. The van der Waals surface area contributed by atoms with Crippen molar-refractivity contribution in [2.24, 2.45) is 0 Å². The summed E-state index contributed by atoms with van der Waals surface area (Å²) in [5, 5.41) is 3.96. The van der Waals surface area contributed by atoms with Gasteiger partial charge in [0.15, 0.2) is 11.5 Å². The fraction of sp³-hybridized carbons (Fsp3) is 0.167. The monoisotopic (exact) mass is 427 g/mol. The third-order valence-electron chi connectivity index (χ3n) is 3.98. The zero-order chi connectivity index (χ0) is 21.2. The van der Waals surface area contributed by atoms with Gasteiger partial charge >= 0.3 is 6.18 Å². The first-order chi connectivity index (χ1) is 13.7. The Morgan fingerprint density at radius 1 is 1.03 bits per heavy atom. The quantitative estimate of drug-likeness (QED) is 0.649. The molecule has 0 atom stereocenters. The lowest BCUT2D eigenvalue weighted by Gasteiger charge is -2.16. The molecule has 3 rings (SSSR count). The number of sulfonamides is 1. The van der Waals surface area contributed by atoms with Gasteiger partial charge in [0.2, 0.25) is 0 Å². The summed E-state index contributed by atoms with van der Waals surface area (Å²) in [6, 6.07) is 8.12. The topological polar surface area (TPSA) is 82.5 Å². The predicted molar refractivity (Wildman–Crippen MR) is 98.9 cm³/mol. The van der Waals surface area contributed by atoms with Crippen LogP contribution < -0.4 is 14.2 Å². The van der Waals surface area contributed by atoms with E-state index in [1.807, 2.05) is 0 Å². The van der Waals surface area contributed by atoms with Gasteiger partial charge in [0.05, 0.1) is 36.1 Å². The van der Waals surface area contributed by atoms with Crippen molar-refractivity contribution in [3.8, 4) is 17.2 Å². The minimum Gasteiger partial charge on any atom is -0.493 e. The molecule has 0 saturated carbocycles. The van der Waals surface area contributed by atoms with E-state index in [1.54, 1.807) is 6.07 Å². The number of hydrogen-bond acceptors (Lipinski definition) is 5. The highest BCUT2D eigenvalue weighted by atomic mass is 32.2. The van der Waals surface area contributed by atoms with Gasteiger partial charge in [0.1, 0.15) is 0 Å². The molecule has 1 aromatic heterocycles. The van der Waals surface area contributed by atoms with Crippen LogP contribution in [0.5, 0.6) is 11.5 Å². The summed E-state index contributed by atoms with van der Waals surface area (Å²) in [4.78, 5) is -0.209. The third kappa shape index (κ3) is 4.29. The van der Waals surface area contributed by atoms with Crippen LogP contribution in [-0.4, -0.2) is 32.4 Å². The average Bonchev–Trinajstić information content (AvgIpc) is 3.20. The third-order valence-corrected chi connectivity index (χ3v) is 5.35. The molecule has 1 heterocycles. The molecule has 0 fully saturated rings. The molecule has 0 bridgehead atoms. The molecular formula is C18H16F3N3O4S. The van der Waals surface area contributed by atoms with Gasteiger partial charge in [-0.25, -0.2) is 13.1 Å². The van der Waals surface area contributed by atoms with Gasteiger partial charge in [-0.15, -0.1) is 0 Å². The highest BCUT2D eigenvalue weighted by Crippen LogP contribution is 2.35. The smallest absolute Gasteiger partial charge is 0.416 e. The normalized spacial score (nSPS) is 11.9. The van der Waals surface area contributed by atoms with Crippen molar-refractivity contribution >= 4 is 15.7 Å².